The van der Waals surface area contributed by atoms with E-state index >= 15 is 0 Å². The molecule has 0 saturated heterocycles. The van der Waals surface area contributed by atoms with E-state index in [1.54, 1.807) is 11.8 Å². The first-order valence-corrected chi connectivity index (χ1v) is 9.83. The summed E-state index contributed by atoms with van der Waals surface area (Å²) in [6.45, 7) is 0. The van der Waals surface area contributed by atoms with Crippen LogP contribution in [0.3, 0.4) is 0 Å². The highest BCUT2D eigenvalue weighted by molar-refractivity contribution is 8.00. The van der Waals surface area contributed by atoms with Crippen molar-refractivity contribution in [3.63, 3.8) is 0 Å². The number of aliphatic hydroxyl groups is 1. The van der Waals surface area contributed by atoms with E-state index in [0.717, 1.165) is 11.3 Å². The molecule has 5 heteroatoms. The van der Waals surface area contributed by atoms with Gasteiger partial charge in [0.15, 0.2) is 0 Å². The zero-order chi connectivity index (χ0) is 18.8. The van der Waals surface area contributed by atoms with Crippen LogP contribution >= 0.6 is 23.4 Å². The van der Waals surface area contributed by atoms with Gasteiger partial charge in [-0.15, -0.1) is 11.8 Å². The third kappa shape index (κ3) is 7.65. The number of carboxylic acid groups (broad SMARTS) is 1. The number of thioether (sulfide) groups is 1. The van der Waals surface area contributed by atoms with Gasteiger partial charge in [-0.2, -0.15) is 0 Å². The van der Waals surface area contributed by atoms with E-state index in [1.807, 2.05) is 48.5 Å². The van der Waals surface area contributed by atoms with E-state index in [4.69, 9.17) is 16.7 Å². The second-order valence-corrected chi connectivity index (χ2v) is 7.70. The van der Waals surface area contributed by atoms with Crippen molar-refractivity contribution in [3.05, 3.63) is 77.3 Å². The fraction of sp³-hybridized carbons (Fsp3) is 0.286. The van der Waals surface area contributed by atoms with Crippen molar-refractivity contribution in [2.75, 3.05) is 0 Å². The van der Waals surface area contributed by atoms with Gasteiger partial charge in [0, 0.05) is 16.3 Å². The van der Waals surface area contributed by atoms with Crippen molar-refractivity contribution in [1.29, 1.82) is 0 Å². The number of aliphatic hydroxyl groups excluding tert-OH is 1. The van der Waals surface area contributed by atoms with Gasteiger partial charge in [-0.1, -0.05) is 54.1 Å². The quantitative estimate of drug-likeness (QED) is 0.431. The van der Waals surface area contributed by atoms with Crippen molar-refractivity contribution in [2.45, 2.75) is 41.9 Å². The lowest BCUT2D eigenvalue weighted by molar-refractivity contribution is -0.137. The van der Waals surface area contributed by atoms with Crippen molar-refractivity contribution in [1.82, 2.24) is 0 Å². The van der Waals surface area contributed by atoms with Crippen molar-refractivity contribution >= 4 is 29.3 Å². The molecular weight excluding hydrogens is 368 g/mol. The highest BCUT2D eigenvalue weighted by Crippen LogP contribution is 2.29. The predicted molar refractivity (Wildman–Crippen MR) is 108 cm³/mol. The average molecular weight is 391 g/mol. The van der Waals surface area contributed by atoms with Gasteiger partial charge in [-0.05, 0) is 49.1 Å². The van der Waals surface area contributed by atoms with Gasteiger partial charge in [0.1, 0.15) is 0 Å². The molecule has 0 fully saturated rings. The highest BCUT2D eigenvalue weighted by atomic mass is 35.5. The first-order valence-electron chi connectivity index (χ1n) is 8.57. The molecule has 2 aromatic rings. The molecule has 3 nitrogen and oxygen atoms in total. The Balaban J connectivity index is 2.01. The van der Waals surface area contributed by atoms with E-state index in [-0.39, 0.29) is 11.7 Å². The number of halogens is 1. The van der Waals surface area contributed by atoms with Crippen molar-refractivity contribution in [3.8, 4) is 0 Å². The molecule has 0 aliphatic heterocycles. The maximum atomic E-state index is 10.7. The lowest BCUT2D eigenvalue weighted by Gasteiger charge is -2.19. The number of hydrogen-bond acceptors (Lipinski definition) is 3. The summed E-state index contributed by atoms with van der Waals surface area (Å²) in [6.07, 6.45) is 5.24. The van der Waals surface area contributed by atoms with Gasteiger partial charge in [0.25, 0.3) is 0 Å². The number of aliphatic carboxylic acids is 1. The number of carbonyl (C=O) groups is 1. The molecule has 0 aliphatic rings. The Morgan fingerprint density at radius 2 is 1.81 bits per heavy atom. The second-order valence-electron chi connectivity index (χ2n) is 6.01. The Kier molecular flexibility index (Phi) is 8.75. The summed E-state index contributed by atoms with van der Waals surface area (Å²) < 4.78 is 0. The maximum absolute atomic E-state index is 10.7. The fourth-order valence-electron chi connectivity index (χ4n) is 2.50. The van der Waals surface area contributed by atoms with Gasteiger partial charge in [-0.3, -0.25) is 4.79 Å². The SMILES string of the molecule is O=C(O)CCCC(O)C(/C=C\Cc1ccccc1)Sc1ccc(Cl)cc1. The maximum Gasteiger partial charge on any atom is 0.303 e. The molecule has 2 N–H and O–H groups in total. The normalized spacial score (nSPS) is 13.6. The van der Waals surface area contributed by atoms with Crippen LogP contribution in [0.1, 0.15) is 24.8 Å². The number of carboxylic acids is 1. The molecule has 0 radical (unpaired) electrons. The van der Waals surface area contributed by atoms with Crippen LogP contribution in [0.4, 0.5) is 0 Å². The molecule has 2 rings (SSSR count). The number of rotatable bonds is 10. The minimum atomic E-state index is -0.835. The van der Waals surface area contributed by atoms with Crippen LogP contribution in [0, 0.1) is 0 Å². The average Bonchev–Trinajstić information content (AvgIpc) is 2.63. The Labute approximate surface area is 163 Å². The second kappa shape index (κ2) is 11.1. The van der Waals surface area contributed by atoms with Crippen LogP contribution in [0.15, 0.2) is 71.6 Å². The lowest BCUT2D eigenvalue weighted by atomic mass is 10.1. The molecule has 0 aromatic heterocycles. The minimum absolute atomic E-state index is 0.0725. The van der Waals surface area contributed by atoms with Gasteiger partial charge < -0.3 is 10.2 Å². The molecule has 2 unspecified atom stereocenters. The molecule has 0 heterocycles. The van der Waals surface area contributed by atoms with Crippen LogP contribution in [0.25, 0.3) is 0 Å². The third-order valence-corrected chi connectivity index (χ3v) is 5.42. The van der Waals surface area contributed by atoms with Crippen LogP contribution in [0.5, 0.6) is 0 Å². The summed E-state index contributed by atoms with van der Waals surface area (Å²) >= 11 is 7.49. The van der Waals surface area contributed by atoms with Gasteiger partial charge in [-0.25, -0.2) is 0 Å². The van der Waals surface area contributed by atoms with Crippen LogP contribution in [0.2, 0.25) is 5.02 Å². The summed E-state index contributed by atoms with van der Waals surface area (Å²) in [7, 11) is 0. The van der Waals surface area contributed by atoms with E-state index < -0.39 is 12.1 Å². The zero-order valence-electron chi connectivity index (χ0n) is 14.4. The van der Waals surface area contributed by atoms with Crippen LogP contribution in [-0.4, -0.2) is 27.5 Å². The van der Waals surface area contributed by atoms with Crippen LogP contribution < -0.4 is 0 Å². The summed E-state index contributed by atoms with van der Waals surface area (Å²) in [6, 6.07) is 17.6. The molecule has 0 aliphatic carbocycles. The highest BCUT2D eigenvalue weighted by Gasteiger charge is 2.18. The Hall–Kier alpha value is -1.75. The topological polar surface area (TPSA) is 57.5 Å². The largest absolute Gasteiger partial charge is 0.481 e. The van der Waals surface area contributed by atoms with E-state index in [1.165, 1.54) is 5.56 Å². The molecule has 2 aromatic carbocycles. The minimum Gasteiger partial charge on any atom is -0.481 e. The molecule has 0 saturated carbocycles. The Bertz CT molecular complexity index is 701. The number of allylic oxidation sites excluding steroid dienone is 1. The van der Waals surface area contributed by atoms with Gasteiger partial charge in [0.05, 0.1) is 11.4 Å². The summed E-state index contributed by atoms with van der Waals surface area (Å²) in [4.78, 5) is 11.7. The molecule has 0 bridgehead atoms. The number of hydrogen-bond donors (Lipinski definition) is 2. The molecule has 26 heavy (non-hydrogen) atoms. The third-order valence-electron chi connectivity index (χ3n) is 3.88. The predicted octanol–water partition coefficient (Wildman–Crippen LogP) is 5.22. The molecule has 0 spiro atoms. The zero-order valence-corrected chi connectivity index (χ0v) is 16.0. The summed E-state index contributed by atoms with van der Waals surface area (Å²) in [5, 5.41) is 19.9. The number of benzene rings is 2. The molecular formula is C21H23ClO3S. The molecule has 2 atom stereocenters. The Morgan fingerprint density at radius 1 is 1.12 bits per heavy atom. The molecule has 0 amide bonds. The van der Waals surface area contributed by atoms with Crippen molar-refractivity contribution in [2.24, 2.45) is 0 Å². The monoisotopic (exact) mass is 390 g/mol. The standard InChI is InChI=1S/C21H23ClO3S/c22-17-12-14-18(15-13-17)26-20(19(23)9-5-11-21(24)25)10-4-8-16-6-2-1-3-7-16/h1-4,6-7,10,12-15,19-20,23H,5,8-9,11H2,(H,24,25)/b10-4-. The first kappa shape index (κ1) is 20.6. The van der Waals surface area contributed by atoms with E-state index in [0.29, 0.717) is 17.9 Å². The smallest absolute Gasteiger partial charge is 0.303 e. The molecule has 138 valence electrons. The Morgan fingerprint density at radius 3 is 2.46 bits per heavy atom. The van der Waals surface area contributed by atoms with Crippen LogP contribution in [-0.2, 0) is 11.2 Å². The van der Waals surface area contributed by atoms with Gasteiger partial charge in [0.2, 0.25) is 0 Å². The lowest BCUT2D eigenvalue weighted by Crippen LogP contribution is -2.21. The first-order chi connectivity index (χ1) is 12.5. The summed E-state index contributed by atoms with van der Waals surface area (Å²) in [5.74, 6) is -0.835. The van der Waals surface area contributed by atoms with E-state index in [9.17, 15) is 9.90 Å². The van der Waals surface area contributed by atoms with E-state index in [2.05, 4.69) is 18.2 Å². The van der Waals surface area contributed by atoms with Gasteiger partial charge >= 0.3 is 5.97 Å². The fourth-order valence-corrected chi connectivity index (χ4v) is 3.71. The van der Waals surface area contributed by atoms with Crippen molar-refractivity contribution < 1.29 is 15.0 Å². The summed E-state index contributed by atoms with van der Waals surface area (Å²) in [5.41, 5.74) is 1.21.